The topological polar surface area (TPSA) is 80.3 Å². The first-order chi connectivity index (χ1) is 9.65. The highest BCUT2D eigenvalue weighted by Gasteiger charge is 2.28. The second-order valence-electron chi connectivity index (χ2n) is 5.33. The maximum Gasteiger partial charge on any atom is 0.276 e. The Hall–Kier alpha value is -1.47. The number of carbonyl (C=O) groups is 1. The molecule has 1 aromatic rings. The van der Waals surface area contributed by atoms with Crippen molar-refractivity contribution >= 4 is 5.91 Å². The molecule has 20 heavy (non-hydrogen) atoms. The lowest BCUT2D eigenvalue weighted by atomic mass is 10.1. The van der Waals surface area contributed by atoms with Gasteiger partial charge in [-0.05, 0) is 26.4 Å². The van der Waals surface area contributed by atoms with Crippen molar-refractivity contribution in [3.8, 4) is 0 Å². The van der Waals surface area contributed by atoms with Crippen LogP contribution in [-0.2, 0) is 6.54 Å². The van der Waals surface area contributed by atoms with Gasteiger partial charge in [-0.1, -0.05) is 12.1 Å². The Morgan fingerprint density at radius 3 is 3.00 bits per heavy atom. The van der Waals surface area contributed by atoms with Crippen LogP contribution in [0.2, 0.25) is 0 Å². The van der Waals surface area contributed by atoms with Crippen LogP contribution in [0.5, 0.6) is 0 Å². The molecule has 0 radical (unpaired) electrons. The summed E-state index contributed by atoms with van der Waals surface area (Å²) < 4.78 is 1.62. The minimum Gasteiger partial charge on any atom is -0.333 e. The van der Waals surface area contributed by atoms with Gasteiger partial charge >= 0.3 is 0 Å². The van der Waals surface area contributed by atoms with Crippen LogP contribution in [0, 0.1) is 0 Å². The standard InChI is InChI=1S/C13H24N6O/c1-3-11-9-17(2)6-4-7-19(11)13(20)12-10-18(8-5-14)16-15-12/h10-11H,3-9,14H2,1-2H3. The van der Waals surface area contributed by atoms with Crippen LogP contribution in [-0.4, -0.2) is 70.0 Å². The minimum atomic E-state index is -0.0181. The summed E-state index contributed by atoms with van der Waals surface area (Å²) in [6.07, 6.45) is 3.64. The van der Waals surface area contributed by atoms with Crippen molar-refractivity contribution in [2.75, 3.05) is 33.2 Å². The van der Waals surface area contributed by atoms with Gasteiger partial charge in [0.05, 0.1) is 12.7 Å². The largest absolute Gasteiger partial charge is 0.333 e. The Morgan fingerprint density at radius 2 is 2.30 bits per heavy atom. The van der Waals surface area contributed by atoms with Crippen molar-refractivity contribution in [2.24, 2.45) is 5.73 Å². The molecule has 1 unspecified atom stereocenters. The summed E-state index contributed by atoms with van der Waals surface area (Å²) >= 11 is 0. The predicted octanol–water partition coefficient (Wildman–Crippen LogP) is -0.207. The highest BCUT2D eigenvalue weighted by molar-refractivity contribution is 5.92. The zero-order valence-electron chi connectivity index (χ0n) is 12.3. The molecule has 0 aliphatic carbocycles. The van der Waals surface area contributed by atoms with Crippen molar-refractivity contribution in [1.82, 2.24) is 24.8 Å². The number of aromatic nitrogens is 3. The molecule has 1 amide bonds. The van der Waals surface area contributed by atoms with E-state index < -0.39 is 0 Å². The number of nitrogens with zero attached hydrogens (tertiary/aromatic N) is 5. The molecule has 1 aliphatic heterocycles. The highest BCUT2D eigenvalue weighted by Crippen LogP contribution is 2.14. The Labute approximate surface area is 119 Å². The lowest BCUT2D eigenvalue weighted by Crippen LogP contribution is -2.43. The minimum absolute atomic E-state index is 0.0181. The van der Waals surface area contributed by atoms with Crippen LogP contribution in [0.25, 0.3) is 0 Å². The number of hydrogen-bond acceptors (Lipinski definition) is 5. The third kappa shape index (κ3) is 3.34. The van der Waals surface area contributed by atoms with Gasteiger partial charge in [0.15, 0.2) is 5.69 Å². The molecule has 1 aromatic heterocycles. The molecule has 2 heterocycles. The molecule has 0 bridgehead atoms. The highest BCUT2D eigenvalue weighted by atomic mass is 16.2. The van der Waals surface area contributed by atoms with Crippen LogP contribution in [0.1, 0.15) is 30.3 Å². The van der Waals surface area contributed by atoms with Gasteiger partial charge in [0.2, 0.25) is 0 Å². The van der Waals surface area contributed by atoms with E-state index in [1.807, 2.05) is 4.90 Å². The SMILES string of the molecule is CCC1CN(C)CCCN1C(=O)c1cn(CCN)nn1. The number of nitrogens with two attached hydrogens (primary N) is 1. The molecule has 1 fully saturated rings. The summed E-state index contributed by atoms with van der Waals surface area (Å²) in [7, 11) is 2.11. The molecule has 2 N–H and O–H groups in total. The monoisotopic (exact) mass is 280 g/mol. The fourth-order valence-electron chi connectivity index (χ4n) is 2.65. The number of amides is 1. The number of carbonyl (C=O) groups excluding carboxylic acids is 1. The van der Waals surface area contributed by atoms with Gasteiger partial charge in [-0.15, -0.1) is 5.10 Å². The van der Waals surface area contributed by atoms with Crippen LogP contribution < -0.4 is 5.73 Å². The smallest absolute Gasteiger partial charge is 0.276 e. The number of hydrogen-bond donors (Lipinski definition) is 1. The summed E-state index contributed by atoms with van der Waals surface area (Å²) in [6, 6.07) is 0.245. The van der Waals surface area contributed by atoms with Gasteiger partial charge in [-0.25, -0.2) is 0 Å². The average molecular weight is 280 g/mol. The summed E-state index contributed by atoms with van der Waals surface area (Å²) in [5.41, 5.74) is 5.90. The maximum absolute atomic E-state index is 12.6. The molecule has 1 saturated heterocycles. The van der Waals surface area contributed by atoms with Gasteiger partial charge in [-0.2, -0.15) is 0 Å². The van der Waals surface area contributed by atoms with E-state index >= 15 is 0 Å². The molecule has 0 saturated carbocycles. The first-order valence-corrected chi connectivity index (χ1v) is 7.25. The lowest BCUT2D eigenvalue weighted by molar-refractivity contribution is 0.0669. The molecule has 7 heteroatoms. The third-order valence-corrected chi connectivity index (χ3v) is 3.75. The molecule has 1 aliphatic rings. The number of rotatable bonds is 4. The van der Waals surface area contributed by atoms with E-state index in [-0.39, 0.29) is 11.9 Å². The van der Waals surface area contributed by atoms with Crippen LogP contribution in [0.4, 0.5) is 0 Å². The fourth-order valence-corrected chi connectivity index (χ4v) is 2.65. The summed E-state index contributed by atoms with van der Waals surface area (Å²) in [5.74, 6) is -0.0181. The second-order valence-corrected chi connectivity index (χ2v) is 5.33. The van der Waals surface area contributed by atoms with Crippen LogP contribution >= 0.6 is 0 Å². The molecule has 112 valence electrons. The van der Waals surface area contributed by atoms with E-state index in [1.54, 1.807) is 10.9 Å². The van der Waals surface area contributed by atoms with E-state index in [2.05, 4.69) is 29.2 Å². The molecule has 1 atom stereocenters. The van der Waals surface area contributed by atoms with Crippen molar-refractivity contribution < 1.29 is 4.79 Å². The Kier molecular flexibility index (Phi) is 5.08. The van der Waals surface area contributed by atoms with E-state index in [4.69, 9.17) is 5.73 Å². The van der Waals surface area contributed by atoms with E-state index in [0.29, 0.717) is 18.8 Å². The van der Waals surface area contributed by atoms with Gasteiger partial charge in [0, 0.05) is 25.7 Å². The summed E-state index contributed by atoms with van der Waals surface area (Å²) in [6.45, 7) is 5.92. The normalized spacial score (nSPS) is 20.9. The zero-order chi connectivity index (χ0) is 14.5. The lowest BCUT2D eigenvalue weighted by Gasteiger charge is -2.29. The summed E-state index contributed by atoms with van der Waals surface area (Å²) in [4.78, 5) is 16.8. The van der Waals surface area contributed by atoms with E-state index in [9.17, 15) is 4.79 Å². The zero-order valence-corrected chi connectivity index (χ0v) is 12.3. The molecular weight excluding hydrogens is 256 g/mol. The maximum atomic E-state index is 12.6. The van der Waals surface area contributed by atoms with Gasteiger partial charge in [-0.3, -0.25) is 9.48 Å². The van der Waals surface area contributed by atoms with E-state index in [1.165, 1.54) is 0 Å². The Bertz CT molecular complexity index is 446. The van der Waals surface area contributed by atoms with Crippen molar-refractivity contribution in [3.63, 3.8) is 0 Å². The molecule has 7 nitrogen and oxygen atoms in total. The van der Waals surface area contributed by atoms with Gasteiger partial charge in [0.25, 0.3) is 5.91 Å². The Morgan fingerprint density at radius 1 is 1.50 bits per heavy atom. The average Bonchev–Trinajstić information content (AvgIpc) is 2.81. The third-order valence-electron chi connectivity index (χ3n) is 3.75. The predicted molar refractivity (Wildman–Crippen MR) is 76.3 cm³/mol. The number of likely N-dealkylation sites (N-methyl/N-ethyl adjacent to an activating group) is 1. The second kappa shape index (κ2) is 6.81. The van der Waals surface area contributed by atoms with Gasteiger partial charge < -0.3 is 15.5 Å². The molecule has 0 aromatic carbocycles. The van der Waals surface area contributed by atoms with Crippen molar-refractivity contribution in [3.05, 3.63) is 11.9 Å². The van der Waals surface area contributed by atoms with Crippen LogP contribution in [0.15, 0.2) is 6.20 Å². The van der Waals surface area contributed by atoms with Gasteiger partial charge in [0.1, 0.15) is 0 Å². The quantitative estimate of drug-likeness (QED) is 0.825. The van der Waals surface area contributed by atoms with Crippen molar-refractivity contribution in [2.45, 2.75) is 32.4 Å². The van der Waals surface area contributed by atoms with Crippen molar-refractivity contribution in [1.29, 1.82) is 0 Å². The summed E-state index contributed by atoms with van der Waals surface area (Å²) in [5, 5.41) is 7.92. The fraction of sp³-hybridized carbons (Fsp3) is 0.769. The molecular formula is C13H24N6O. The molecule has 0 spiro atoms. The first kappa shape index (κ1) is 14.9. The first-order valence-electron chi connectivity index (χ1n) is 7.25. The van der Waals surface area contributed by atoms with Crippen LogP contribution in [0.3, 0.4) is 0 Å². The van der Waals surface area contributed by atoms with E-state index in [0.717, 1.165) is 32.5 Å². The Balaban J connectivity index is 2.12. The molecule has 2 rings (SSSR count).